The molecule has 2 rings (SSSR count). The minimum atomic E-state index is -0.282. The van der Waals surface area contributed by atoms with E-state index in [1.54, 1.807) is 6.07 Å². The quantitative estimate of drug-likeness (QED) is 0.210. The molecule has 2 aromatic carbocycles. The van der Waals surface area contributed by atoms with Crippen LogP contribution < -0.4 is 14.2 Å². The molecule has 0 unspecified atom stereocenters. The Kier molecular flexibility index (Phi) is 10.2. The number of ether oxygens (including phenoxy) is 3. The number of methoxy groups -OCH3 is 1. The van der Waals surface area contributed by atoms with Crippen LogP contribution in [0.4, 0.5) is 0 Å². The SMILES string of the molecule is CCCCCCC(=O)Oc1cc(OC)c(OC(=O)CCCCCC)c2ccccc12. The first-order valence-electron chi connectivity index (χ1n) is 11.1. The Bertz CT molecular complexity index is 828. The molecule has 0 saturated heterocycles. The van der Waals surface area contributed by atoms with Gasteiger partial charge < -0.3 is 14.2 Å². The topological polar surface area (TPSA) is 61.8 Å². The normalized spacial score (nSPS) is 10.8. The van der Waals surface area contributed by atoms with Gasteiger partial charge in [-0.05, 0) is 12.8 Å². The highest BCUT2D eigenvalue weighted by Gasteiger charge is 2.19. The van der Waals surface area contributed by atoms with Gasteiger partial charge in [-0.15, -0.1) is 0 Å². The standard InChI is InChI=1S/C25H34O5/c1-4-6-8-10-16-23(26)29-21-18-22(28-3)25(20-15-13-12-14-19(20)21)30-24(27)17-11-9-7-5-2/h12-15,18H,4-11,16-17H2,1-3H3. The lowest BCUT2D eigenvalue weighted by Gasteiger charge is -2.15. The van der Waals surface area contributed by atoms with E-state index in [2.05, 4.69) is 13.8 Å². The number of hydrogen-bond donors (Lipinski definition) is 0. The number of benzene rings is 2. The van der Waals surface area contributed by atoms with E-state index in [1.165, 1.54) is 7.11 Å². The van der Waals surface area contributed by atoms with Gasteiger partial charge in [-0.2, -0.15) is 0 Å². The fourth-order valence-corrected chi connectivity index (χ4v) is 3.36. The molecule has 0 spiro atoms. The fourth-order valence-electron chi connectivity index (χ4n) is 3.36. The Morgan fingerprint density at radius 3 is 1.87 bits per heavy atom. The van der Waals surface area contributed by atoms with Gasteiger partial charge in [0.2, 0.25) is 0 Å². The van der Waals surface area contributed by atoms with Crippen molar-refractivity contribution >= 4 is 22.7 Å². The molecule has 0 bridgehead atoms. The summed E-state index contributed by atoms with van der Waals surface area (Å²) < 4.78 is 16.8. The first-order chi connectivity index (χ1) is 14.6. The van der Waals surface area contributed by atoms with Crippen molar-refractivity contribution in [2.45, 2.75) is 78.1 Å². The third-order valence-corrected chi connectivity index (χ3v) is 5.05. The summed E-state index contributed by atoms with van der Waals surface area (Å²) in [5.41, 5.74) is 0. The van der Waals surface area contributed by atoms with Crippen molar-refractivity contribution < 1.29 is 23.8 Å². The predicted molar refractivity (Wildman–Crippen MR) is 119 cm³/mol. The maximum Gasteiger partial charge on any atom is 0.311 e. The Hall–Kier alpha value is -2.56. The molecule has 0 aliphatic heterocycles. The zero-order valence-corrected chi connectivity index (χ0v) is 18.5. The van der Waals surface area contributed by atoms with Crippen LogP contribution in [0.3, 0.4) is 0 Å². The summed E-state index contributed by atoms with van der Waals surface area (Å²) >= 11 is 0. The molecule has 0 fully saturated rings. The van der Waals surface area contributed by atoms with Crippen molar-refractivity contribution in [1.29, 1.82) is 0 Å². The van der Waals surface area contributed by atoms with Crippen LogP contribution in [0.5, 0.6) is 17.2 Å². The van der Waals surface area contributed by atoms with Gasteiger partial charge in [-0.3, -0.25) is 9.59 Å². The summed E-state index contributed by atoms with van der Waals surface area (Å²) in [7, 11) is 1.51. The van der Waals surface area contributed by atoms with Gasteiger partial charge in [-0.25, -0.2) is 0 Å². The van der Waals surface area contributed by atoms with E-state index in [0.717, 1.165) is 51.4 Å². The number of carbonyl (C=O) groups is 2. The van der Waals surface area contributed by atoms with Crippen LogP contribution in [0.15, 0.2) is 30.3 Å². The second-order valence-corrected chi connectivity index (χ2v) is 7.52. The van der Waals surface area contributed by atoms with Crippen LogP contribution in [-0.2, 0) is 9.59 Å². The first-order valence-corrected chi connectivity index (χ1v) is 11.1. The van der Waals surface area contributed by atoms with E-state index < -0.39 is 0 Å². The summed E-state index contributed by atoms with van der Waals surface area (Å²) in [6.07, 6.45) is 8.86. The van der Waals surface area contributed by atoms with E-state index in [1.807, 2.05) is 24.3 Å². The zero-order valence-electron chi connectivity index (χ0n) is 18.5. The monoisotopic (exact) mass is 414 g/mol. The number of hydrogen-bond acceptors (Lipinski definition) is 5. The molecular formula is C25H34O5. The maximum absolute atomic E-state index is 12.4. The van der Waals surface area contributed by atoms with Crippen molar-refractivity contribution in [2.75, 3.05) is 7.11 Å². The average Bonchev–Trinajstić information content (AvgIpc) is 2.76. The van der Waals surface area contributed by atoms with Gasteiger partial charge in [0.05, 0.1) is 7.11 Å². The van der Waals surface area contributed by atoms with Crippen molar-refractivity contribution in [3.05, 3.63) is 30.3 Å². The second-order valence-electron chi connectivity index (χ2n) is 7.52. The second kappa shape index (κ2) is 12.9. The van der Waals surface area contributed by atoms with Gasteiger partial charge in [0, 0.05) is 29.7 Å². The maximum atomic E-state index is 12.4. The van der Waals surface area contributed by atoms with Crippen molar-refractivity contribution in [1.82, 2.24) is 0 Å². The summed E-state index contributed by atoms with van der Waals surface area (Å²) in [6, 6.07) is 9.05. The highest BCUT2D eigenvalue weighted by atomic mass is 16.6. The molecule has 5 nitrogen and oxygen atoms in total. The van der Waals surface area contributed by atoms with Crippen LogP contribution in [0.2, 0.25) is 0 Å². The van der Waals surface area contributed by atoms with Crippen LogP contribution in [0.1, 0.15) is 78.1 Å². The number of carbonyl (C=O) groups excluding carboxylic acids is 2. The minimum absolute atomic E-state index is 0.265. The van der Waals surface area contributed by atoms with Crippen LogP contribution in [0.25, 0.3) is 10.8 Å². The summed E-state index contributed by atoms with van der Waals surface area (Å²) in [5.74, 6) is 0.626. The van der Waals surface area contributed by atoms with Crippen LogP contribution >= 0.6 is 0 Å². The van der Waals surface area contributed by atoms with Crippen LogP contribution in [-0.4, -0.2) is 19.0 Å². The van der Waals surface area contributed by atoms with E-state index in [9.17, 15) is 9.59 Å². The smallest absolute Gasteiger partial charge is 0.311 e. The summed E-state index contributed by atoms with van der Waals surface area (Å²) in [4.78, 5) is 24.7. The average molecular weight is 415 g/mol. The van der Waals surface area contributed by atoms with Gasteiger partial charge in [0.25, 0.3) is 0 Å². The minimum Gasteiger partial charge on any atom is -0.493 e. The first kappa shape index (κ1) is 23.7. The van der Waals surface area contributed by atoms with Gasteiger partial charge >= 0.3 is 11.9 Å². The molecule has 0 saturated carbocycles. The number of esters is 2. The third kappa shape index (κ3) is 7.05. The highest BCUT2D eigenvalue weighted by Crippen LogP contribution is 2.42. The molecule has 30 heavy (non-hydrogen) atoms. The van der Waals surface area contributed by atoms with Crippen LogP contribution in [0, 0.1) is 0 Å². The van der Waals surface area contributed by atoms with E-state index in [4.69, 9.17) is 14.2 Å². The molecule has 0 aliphatic rings. The molecule has 164 valence electrons. The Labute approximate surface area is 179 Å². The Morgan fingerprint density at radius 2 is 1.30 bits per heavy atom. The van der Waals surface area contributed by atoms with Crippen molar-refractivity contribution in [3.8, 4) is 17.2 Å². The molecule has 0 aromatic heterocycles. The Balaban J connectivity index is 2.19. The van der Waals surface area contributed by atoms with Crippen molar-refractivity contribution in [2.24, 2.45) is 0 Å². The van der Waals surface area contributed by atoms with E-state index >= 15 is 0 Å². The lowest BCUT2D eigenvalue weighted by molar-refractivity contribution is -0.135. The molecule has 0 aliphatic carbocycles. The molecule has 0 amide bonds. The number of rotatable bonds is 13. The molecule has 0 radical (unpaired) electrons. The highest BCUT2D eigenvalue weighted by molar-refractivity contribution is 5.98. The fraction of sp³-hybridized carbons (Fsp3) is 0.520. The zero-order chi connectivity index (χ0) is 21.8. The lowest BCUT2D eigenvalue weighted by Crippen LogP contribution is -2.11. The molecule has 0 heterocycles. The Morgan fingerprint density at radius 1 is 0.733 bits per heavy atom. The van der Waals surface area contributed by atoms with Gasteiger partial charge in [0.1, 0.15) is 5.75 Å². The summed E-state index contributed by atoms with van der Waals surface area (Å²) in [6.45, 7) is 4.27. The third-order valence-electron chi connectivity index (χ3n) is 5.05. The largest absolute Gasteiger partial charge is 0.493 e. The molecule has 2 aromatic rings. The summed E-state index contributed by atoms with van der Waals surface area (Å²) in [5, 5.41) is 1.40. The number of unbranched alkanes of at least 4 members (excludes halogenated alkanes) is 6. The lowest BCUT2D eigenvalue weighted by atomic mass is 10.1. The predicted octanol–water partition coefficient (Wildman–Crippen LogP) is 6.60. The van der Waals surface area contributed by atoms with Gasteiger partial charge in [0.15, 0.2) is 11.5 Å². The van der Waals surface area contributed by atoms with E-state index in [-0.39, 0.29) is 11.9 Å². The molecular weight excluding hydrogens is 380 g/mol. The molecule has 0 N–H and O–H groups in total. The molecule has 5 heteroatoms. The van der Waals surface area contributed by atoms with Gasteiger partial charge in [-0.1, -0.05) is 76.6 Å². The van der Waals surface area contributed by atoms with E-state index in [0.29, 0.717) is 40.9 Å². The molecule has 0 atom stereocenters. The van der Waals surface area contributed by atoms with Crippen molar-refractivity contribution in [3.63, 3.8) is 0 Å². The number of fused-ring (bicyclic) bond motifs is 1.